The molecular weight excluding hydrogens is 382 g/mol. The van der Waals surface area contributed by atoms with Gasteiger partial charge in [0.2, 0.25) is 0 Å². The van der Waals surface area contributed by atoms with Gasteiger partial charge in [-0.2, -0.15) is 0 Å². The smallest absolute Gasteiger partial charge is 0.341 e. The first-order valence-electron chi connectivity index (χ1n) is 11.2. The van der Waals surface area contributed by atoms with Crippen LogP contribution in [0.25, 0.3) is 11.0 Å². The van der Waals surface area contributed by atoms with E-state index in [1.165, 1.54) is 38.8 Å². The van der Waals surface area contributed by atoms with E-state index < -0.39 is 0 Å². The Balaban J connectivity index is 1.35. The number of nitro groups is 1. The summed E-state index contributed by atoms with van der Waals surface area (Å²) in [6, 6.07) is 3.20. The van der Waals surface area contributed by atoms with Crippen LogP contribution in [0.1, 0.15) is 42.4 Å². The van der Waals surface area contributed by atoms with Gasteiger partial charge in [0.15, 0.2) is 0 Å². The molecule has 2 saturated heterocycles. The molecule has 6 rings (SSSR count). The second-order valence-corrected chi connectivity index (χ2v) is 9.41. The lowest BCUT2D eigenvalue weighted by Crippen LogP contribution is -2.40. The van der Waals surface area contributed by atoms with Crippen LogP contribution < -0.4 is 5.63 Å². The normalized spacial score (nSPS) is 24.7. The minimum absolute atomic E-state index is 0.0803. The van der Waals surface area contributed by atoms with Crippen LogP contribution in [0.2, 0.25) is 0 Å². The number of fused-ring (bicyclic) bond motifs is 7. The molecule has 1 aromatic carbocycles. The minimum atomic E-state index is -0.365. The lowest BCUT2D eigenvalue weighted by molar-refractivity contribution is -0.385. The van der Waals surface area contributed by atoms with E-state index in [-0.39, 0.29) is 16.2 Å². The molecule has 160 valence electrons. The Morgan fingerprint density at radius 2 is 1.73 bits per heavy atom. The van der Waals surface area contributed by atoms with Crippen molar-refractivity contribution in [2.24, 2.45) is 11.8 Å². The molecule has 1 saturated carbocycles. The van der Waals surface area contributed by atoms with Crippen LogP contribution in [-0.2, 0) is 13.0 Å². The number of benzene rings is 1. The van der Waals surface area contributed by atoms with Gasteiger partial charge in [-0.25, -0.2) is 4.79 Å². The molecule has 0 atom stereocenters. The summed E-state index contributed by atoms with van der Waals surface area (Å²) in [6.45, 7) is 7.54. The quantitative estimate of drug-likeness (QED) is 0.435. The zero-order valence-corrected chi connectivity index (χ0v) is 17.6. The fourth-order valence-electron chi connectivity index (χ4n) is 5.71. The monoisotopic (exact) mass is 411 g/mol. The molecule has 0 unspecified atom stereocenters. The predicted octanol–water partition coefficient (Wildman–Crippen LogP) is 3.49. The molecule has 4 aliphatic rings. The van der Waals surface area contributed by atoms with Gasteiger partial charge in [0.1, 0.15) is 5.58 Å². The molecule has 0 amide bonds. The number of aryl methyl sites for hydroxylation is 1. The van der Waals surface area contributed by atoms with Crippen LogP contribution in [0, 0.1) is 28.9 Å². The standard InChI is InChI=1S/C23H29N3O4/c1-15-10-22-19(11-21(15)26(28)29)18-6-7-24(14-20(18)23(27)30-22)8-9-25-12-16-2-3-17(13-25)5-4-16/h10-11,16-17H,2-9,12-14H2,1H3. The summed E-state index contributed by atoms with van der Waals surface area (Å²) in [5.41, 5.74) is 2.34. The Kier molecular flexibility index (Phi) is 5.11. The number of rotatable bonds is 4. The third-order valence-corrected chi connectivity index (χ3v) is 7.42. The van der Waals surface area contributed by atoms with Gasteiger partial charge in [0.05, 0.1) is 10.5 Å². The van der Waals surface area contributed by atoms with Crippen molar-refractivity contribution in [3.63, 3.8) is 0 Å². The van der Waals surface area contributed by atoms with Gasteiger partial charge in [-0.15, -0.1) is 0 Å². The highest BCUT2D eigenvalue weighted by molar-refractivity contribution is 5.85. The molecule has 30 heavy (non-hydrogen) atoms. The topological polar surface area (TPSA) is 79.8 Å². The molecular formula is C23H29N3O4. The van der Waals surface area contributed by atoms with Crippen molar-refractivity contribution in [2.75, 3.05) is 32.7 Å². The highest BCUT2D eigenvalue weighted by Gasteiger charge is 2.30. The van der Waals surface area contributed by atoms with E-state index in [1.807, 2.05) is 0 Å². The summed E-state index contributed by atoms with van der Waals surface area (Å²) in [7, 11) is 0. The maximum atomic E-state index is 12.7. The zero-order chi connectivity index (χ0) is 20.8. The number of hydrogen-bond donors (Lipinski definition) is 0. The Morgan fingerprint density at radius 1 is 1.07 bits per heavy atom. The van der Waals surface area contributed by atoms with E-state index in [9.17, 15) is 14.9 Å². The van der Waals surface area contributed by atoms with Crippen molar-refractivity contribution >= 4 is 16.7 Å². The third kappa shape index (κ3) is 3.65. The number of hydrogen-bond acceptors (Lipinski definition) is 6. The molecule has 2 aromatic rings. The Hall–Kier alpha value is -2.25. The SMILES string of the molecule is Cc1cc2oc(=O)c3c(c2cc1[N+](=O)[O-])CCN(CCN1CC2CCC(CC2)C1)C3. The fourth-order valence-corrected chi connectivity index (χ4v) is 5.71. The third-order valence-electron chi connectivity index (χ3n) is 7.42. The van der Waals surface area contributed by atoms with Crippen LogP contribution >= 0.6 is 0 Å². The molecule has 0 radical (unpaired) electrons. The van der Waals surface area contributed by atoms with Gasteiger partial charge in [-0.3, -0.25) is 15.0 Å². The maximum Gasteiger partial charge on any atom is 0.341 e. The summed E-state index contributed by atoms with van der Waals surface area (Å²) in [5, 5.41) is 12.1. The molecule has 3 aliphatic heterocycles. The second-order valence-electron chi connectivity index (χ2n) is 9.41. The maximum absolute atomic E-state index is 12.7. The van der Waals surface area contributed by atoms with E-state index in [4.69, 9.17) is 4.42 Å². The zero-order valence-electron chi connectivity index (χ0n) is 17.6. The Bertz CT molecular complexity index is 1020. The fraction of sp³-hybridized carbons (Fsp3) is 0.609. The second kappa shape index (κ2) is 7.78. The van der Waals surface area contributed by atoms with Crippen LogP contribution in [0.4, 0.5) is 5.69 Å². The average molecular weight is 412 g/mol. The summed E-state index contributed by atoms with van der Waals surface area (Å²) in [4.78, 5) is 28.6. The Labute approximate surface area is 175 Å². The molecule has 7 heteroatoms. The van der Waals surface area contributed by atoms with Crippen LogP contribution in [0.15, 0.2) is 21.3 Å². The van der Waals surface area contributed by atoms with Gasteiger partial charge >= 0.3 is 5.63 Å². The number of nitro benzene ring substituents is 1. The van der Waals surface area contributed by atoms with Crippen LogP contribution in [0.5, 0.6) is 0 Å². The van der Waals surface area contributed by atoms with Gasteiger partial charge in [-0.05, 0) is 62.5 Å². The lowest BCUT2D eigenvalue weighted by Gasteiger charge is -2.31. The molecule has 3 fully saturated rings. The Morgan fingerprint density at radius 3 is 2.40 bits per heavy atom. The van der Waals surface area contributed by atoms with Gasteiger partial charge in [0, 0.05) is 56.3 Å². The minimum Gasteiger partial charge on any atom is -0.422 e. The lowest BCUT2D eigenvalue weighted by atomic mass is 9.84. The molecule has 2 bridgehead atoms. The molecule has 0 N–H and O–H groups in total. The van der Waals surface area contributed by atoms with Crippen LogP contribution in [0.3, 0.4) is 0 Å². The largest absolute Gasteiger partial charge is 0.422 e. The van der Waals surface area contributed by atoms with E-state index >= 15 is 0 Å². The molecule has 1 aromatic heterocycles. The molecule has 7 nitrogen and oxygen atoms in total. The van der Waals surface area contributed by atoms with Gasteiger partial charge < -0.3 is 9.32 Å². The number of nitrogens with zero attached hydrogens (tertiary/aromatic N) is 3. The molecule has 1 aliphatic carbocycles. The summed E-state index contributed by atoms with van der Waals surface area (Å²) < 4.78 is 5.56. The average Bonchev–Trinajstić information content (AvgIpc) is 3.05. The van der Waals surface area contributed by atoms with Gasteiger partial charge in [-0.1, -0.05) is 0 Å². The summed E-state index contributed by atoms with van der Waals surface area (Å²) in [5.74, 6) is 1.73. The summed E-state index contributed by atoms with van der Waals surface area (Å²) in [6.07, 6.45) is 6.27. The van der Waals surface area contributed by atoms with Crippen molar-refractivity contribution in [3.8, 4) is 0 Å². The van der Waals surface area contributed by atoms with Crippen molar-refractivity contribution < 1.29 is 9.34 Å². The van der Waals surface area contributed by atoms with E-state index in [0.717, 1.165) is 43.5 Å². The first-order valence-corrected chi connectivity index (χ1v) is 11.2. The highest BCUT2D eigenvalue weighted by Crippen LogP contribution is 2.34. The van der Waals surface area contributed by atoms with E-state index in [0.29, 0.717) is 28.6 Å². The van der Waals surface area contributed by atoms with Crippen LogP contribution in [-0.4, -0.2) is 47.4 Å². The highest BCUT2D eigenvalue weighted by atomic mass is 16.6. The van der Waals surface area contributed by atoms with Crippen molar-refractivity contribution in [1.82, 2.24) is 9.80 Å². The van der Waals surface area contributed by atoms with Crippen molar-refractivity contribution in [1.29, 1.82) is 0 Å². The predicted molar refractivity (Wildman–Crippen MR) is 115 cm³/mol. The van der Waals surface area contributed by atoms with E-state index in [2.05, 4.69) is 9.80 Å². The molecule has 4 heterocycles. The summed E-state index contributed by atoms with van der Waals surface area (Å²) >= 11 is 0. The first kappa shape index (κ1) is 19.7. The van der Waals surface area contributed by atoms with Crippen molar-refractivity contribution in [3.05, 3.63) is 49.4 Å². The first-order chi connectivity index (χ1) is 14.5. The molecule has 0 spiro atoms. The van der Waals surface area contributed by atoms with Crippen molar-refractivity contribution in [2.45, 2.75) is 45.6 Å². The van der Waals surface area contributed by atoms with Gasteiger partial charge in [0.25, 0.3) is 5.69 Å². The van der Waals surface area contributed by atoms with E-state index in [1.54, 1.807) is 19.1 Å².